The molecule has 0 fully saturated rings. The van der Waals surface area contributed by atoms with Gasteiger partial charge in [-0.05, 0) is 51.9 Å². The van der Waals surface area contributed by atoms with Gasteiger partial charge in [-0.25, -0.2) is 9.97 Å². The minimum absolute atomic E-state index is 0.926. The van der Waals surface area contributed by atoms with Crippen LogP contribution >= 0.6 is 0 Å². The lowest BCUT2D eigenvalue weighted by Gasteiger charge is -2.14. The Balaban J connectivity index is 1.80. The van der Waals surface area contributed by atoms with Gasteiger partial charge in [0.2, 0.25) is 0 Å². The average Bonchev–Trinajstić information content (AvgIpc) is 3.22. The summed E-state index contributed by atoms with van der Waals surface area (Å²) in [6.07, 6.45) is 0. The first-order valence-corrected chi connectivity index (χ1v) is 10.5. The molecule has 0 aliphatic heterocycles. The Bertz CT molecular complexity index is 1740. The van der Waals surface area contributed by atoms with E-state index in [1.165, 1.54) is 21.5 Å². The van der Waals surface area contributed by atoms with E-state index in [0.717, 1.165) is 39.0 Å². The van der Waals surface area contributed by atoms with Crippen LogP contribution in [-0.2, 0) is 0 Å². The molecule has 7 aromatic rings. The summed E-state index contributed by atoms with van der Waals surface area (Å²) < 4.78 is 2.23. The molecule has 2 aromatic heterocycles. The fraction of sp³-hybridized carbons (Fsp3) is 0. The third kappa shape index (κ3) is 2.29. The molecule has 0 bridgehead atoms. The Morgan fingerprint density at radius 3 is 1.84 bits per heavy atom. The van der Waals surface area contributed by atoms with Crippen LogP contribution in [-0.4, -0.2) is 14.4 Å². The summed E-state index contributed by atoms with van der Waals surface area (Å²) in [5, 5.41) is 5.88. The van der Waals surface area contributed by atoms with Gasteiger partial charge in [-0.2, -0.15) is 0 Å². The van der Waals surface area contributed by atoms with Crippen LogP contribution in [0.25, 0.3) is 60.5 Å². The number of hydrogen-bond donors (Lipinski definition) is 0. The Kier molecular flexibility index (Phi) is 3.27. The number of nitrogens with zero attached hydrogens (tertiary/aromatic N) is 3. The predicted octanol–water partition coefficient (Wildman–Crippen LogP) is 7.01. The van der Waals surface area contributed by atoms with Crippen molar-refractivity contribution in [3.8, 4) is 11.4 Å². The first kappa shape index (κ1) is 16.5. The second kappa shape index (κ2) is 6.13. The van der Waals surface area contributed by atoms with Crippen molar-refractivity contribution in [1.82, 2.24) is 14.4 Å². The van der Waals surface area contributed by atoms with Crippen LogP contribution in [0.1, 0.15) is 0 Å². The molecule has 0 spiro atoms. The third-order valence-electron chi connectivity index (χ3n) is 6.14. The number of aromatic nitrogens is 3. The van der Waals surface area contributed by atoms with Crippen LogP contribution in [0.2, 0.25) is 0 Å². The van der Waals surface area contributed by atoms with Crippen molar-refractivity contribution in [2.24, 2.45) is 0 Å². The summed E-state index contributed by atoms with van der Waals surface area (Å²) in [6.45, 7) is 0. The highest BCUT2D eigenvalue weighted by molar-refractivity contribution is 6.13. The second-order valence-corrected chi connectivity index (χ2v) is 7.91. The highest BCUT2D eigenvalue weighted by Crippen LogP contribution is 2.38. The number of para-hydroxylation sites is 3. The minimum atomic E-state index is 0.926. The van der Waals surface area contributed by atoms with Gasteiger partial charge in [-0.1, -0.05) is 72.8 Å². The molecule has 0 saturated carbocycles. The van der Waals surface area contributed by atoms with E-state index < -0.39 is 0 Å². The molecule has 0 aliphatic rings. The molecule has 2 heterocycles. The van der Waals surface area contributed by atoms with Gasteiger partial charge in [0.1, 0.15) is 11.5 Å². The van der Waals surface area contributed by atoms with Gasteiger partial charge in [-0.15, -0.1) is 0 Å². The van der Waals surface area contributed by atoms with E-state index in [1.807, 2.05) is 12.1 Å². The lowest BCUT2D eigenvalue weighted by Crippen LogP contribution is -1.99. The zero-order chi connectivity index (χ0) is 20.4. The maximum Gasteiger partial charge on any atom is 0.149 e. The maximum atomic E-state index is 5.22. The molecule has 7 rings (SSSR count). The number of hydrogen-bond acceptors (Lipinski definition) is 2. The predicted molar refractivity (Wildman–Crippen MR) is 128 cm³/mol. The highest BCUT2D eigenvalue weighted by Gasteiger charge is 2.18. The van der Waals surface area contributed by atoms with Crippen LogP contribution in [0.4, 0.5) is 0 Å². The highest BCUT2D eigenvalue weighted by atomic mass is 15.1. The maximum absolute atomic E-state index is 5.22. The largest absolute Gasteiger partial charge is 0.276 e. The van der Waals surface area contributed by atoms with Crippen LogP contribution in [0, 0.1) is 0 Å². The van der Waals surface area contributed by atoms with E-state index in [-0.39, 0.29) is 0 Å². The van der Waals surface area contributed by atoms with Gasteiger partial charge in [0.05, 0.1) is 16.6 Å². The molecular formula is C28H17N3. The van der Waals surface area contributed by atoms with Crippen LogP contribution in [0.5, 0.6) is 0 Å². The van der Waals surface area contributed by atoms with Crippen molar-refractivity contribution in [2.45, 2.75) is 0 Å². The molecule has 5 aromatic carbocycles. The molecule has 3 heteroatoms. The Hall–Kier alpha value is -4.24. The van der Waals surface area contributed by atoms with Crippen LogP contribution in [0.15, 0.2) is 103 Å². The van der Waals surface area contributed by atoms with Gasteiger partial charge in [-0.3, -0.25) is 4.40 Å². The van der Waals surface area contributed by atoms with Gasteiger partial charge in [0.25, 0.3) is 0 Å². The molecule has 3 nitrogen and oxygen atoms in total. The topological polar surface area (TPSA) is 30.2 Å². The van der Waals surface area contributed by atoms with Crippen LogP contribution < -0.4 is 0 Å². The zero-order valence-electron chi connectivity index (χ0n) is 16.7. The molecule has 0 amide bonds. The number of benzene rings is 5. The van der Waals surface area contributed by atoms with Crippen molar-refractivity contribution >= 4 is 49.1 Å². The van der Waals surface area contributed by atoms with E-state index in [1.54, 1.807) is 0 Å². The Morgan fingerprint density at radius 1 is 0.516 bits per heavy atom. The van der Waals surface area contributed by atoms with Crippen molar-refractivity contribution in [3.63, 3.8) is 0 Å². The van der Waals surface area contributed by atoms with Gasteiger partial charge in [0, 0.05) is 10.9 Å². The van der Waals surface area contributed by atoms with Crippen molar-refractivity contribution < 1.29 is 0 Å². The second-order valence-electron chi connectivity index (χ2n) is 7.91. The van der Waals surface area contributed by atoms with E-state index in [9.17, 15) is 0 Å². The summed E-state index contributed by atoms with van der Waals surface area (Å²) in [4.78, 5) is 10.2. The molecule has 0 radical (unpaired) electrons. The molecule has 144 valence electrons. The Labute approximate surface area is 178 Å². The summed E-state index contributed by atoms with van der Waals surface area (Å²) >= 11 is 0. The molecule has 0 aliphatic carbocycles. The van der Waals surface area contributed by atoms with Crippen LogP contribution in [0.3, 0.4) is 0 Å². The SMILES string of the molecule is c1ccc2c(-c3nc4ccccc4c4nc5ccccc5n34)c3ccccc3cc2c1. The summed E-state index contributed by atoms with van der Waals surface area (Å²) in [6, 6.07) is 36.0. The monoisotopic (exact) mass is 395 g/mol. The first-order valence-electron chi connectivity index (χ1n) is 10.5. The van der Waals surface area contributed by atoms with E-state index >= 15 is 0 Å². The van der Waals surface area contributed by atoms with E-state index in [4.69, 9.17) is 9.97 Å². The third-order valence-corrected chi connectivity index (χ3v) is 6.14. The average molecular weight is 395 g/mol. The molecule has 0 N–H and O–H groups in total. The van der Waals surface area contributed by atoms with Crippen molar-refractivity contribution in [3.05, 3.63) is 103 Å². The van der Waals surface area contributed by atoms with E-state index in [2.05, 4.69) is 95.4 Å². The molecule has 0 saturated heterocycles. The normalized spacial score (nSPS) is 11.9. The fourth-order valence-corrected chi connectivity index (χ4v) is 4.77. The standard InChI is InChI=1S/C28H17N3/c1-3-11-20-18(9-1)17-19-10-2-4-12-21(19)26(20)28-29-23-14-6-5-13-22(23)27-30-24-15-7-8-16-25(24)31(27)28/h1-17H. The molecule has 0 unspecified atom stereocenters. The first-order chi connectivity index (χ1) is 15.4. The smallest absolute Gasteiger partial charge is 0.149 e. The Morgan fingerprint density at radius 2 is 1.10 bits per heavy atom. The zero-order valence-corrected chi connectivity index (χ0v) is 16.7. The van der Waals surface area contributed by atoms with Gasteiger partial charge >= 0.3 is 0 Å². The lowest BCUT2D eigenvalue weighted by atomic mass is 9.96. The summed E-state index contributed by atoms with van der Waals surface area (Å²) in [7, 11) is 0. The quantitative estimate of drug-likeness (QED) is 0.280. The van der Waals surface area contributed by atoms with Gasteiger partial charge in [0.15, 0.2) is 0 Å². The molecular weight excluding hydrogens is 378 g/mol. The number of fused-ring (bicyclic) bond motifs is 7. The fourth-order valence-electron chi connectivity index (χ4n) is 4.77. The van der Waals surface area contributed by atoms with Crippen molar-refractivity contribution in [2.75, 3.05) is 0 Å². The van der Waals surface area contributed by atoms with E-state index in [0.29, 0.717) is 0 Å². The number of imidazole rings is 1. The minimum Gasteiger partial charge on any atom is -0.276 e. The summed E-state index contributed by atoms with van der Waals surface area (Å²) in [5.74, 6) is 0.926. The molecule has 31 heavy (non-hydrogen) atoms. The molecule has 0 atom stereocenters. The van der Waals surface area contributed by atoms with Crippen molar-refractivity contribution in [1.29, 1.82) is 0 Å². The summed E-state index contributed by atoms with van der Waals surface area (Å²) in [5.41, 5.74) is 5.10. The number of rotatable bonds is 1. The lowest BCUT2D eigenvalue weighted by molar-refractivity contribution is 1.17. The van der Waals surface area contributed by atoms with Gasteiger partial charge < -0.3 is 0 Å².